The maximum atomic E-state index is 6.33. The van der Waals surface area contributed by atoms with Crippen LogP contribution < -0.4 is 5.73 Å². The van der Waals surface area contributed by atoms with E-state index in [1.165, 1.54) is 5.75 Å². The largest absolute Gasteiger partial charge is 0.389 e. The third-order valence-corrected chi connectivity index (χ3v) is 5.65. The van der Waals surface area contributed by atoms with Crippen molar-refractivity contribution in [2.45, 2.75) is 31.7 Å². The fourth-order valence-corrected chi connectivity index (χ4v) is 3.80. The van der Waals surface area contributed by atoms with Gasteiger partial charge in [-0.2, -0.15) is 11.8 Å². The highest BCUT2D eigenvalue weighted by atomic mass is 35.5. The van der Waals surface area contributed by atoms with Crippen molar-refractivity contribution in [2.75, 3.05) is 12.3 Å². The molecule has 0 amide bonds. The summed E-state index contributed by atoms with van der Waals surface area (Å²) in [6.07, 6.45) is 0. The zero-order chi connectivity index (χ0) is 14.0. The Labute approximate surface area is 129 Å². The molecule has 2 atom stereocenters. The van der Waals surface area contributed by atoms with Gasteiger partial charge in [-0.25, -0.2) is 0 Å². The fourth-order valence-electron chi connectivity index (χ4n) is 2.27. The smallest absolute Gasteiger partial charge is 0.104 e. The second-order valence-electron chi connectivity index (χ2n) is 4.96. The summed E-state index contributed by atoms with van der Waals surface area (Å²) in [6.45, 7) is 6.58. The van der Waals surface area contributed by atoms with Crippen molar-refractivity contribution in [1.82, 2.24) is 4.90 Å². The summed E-state index contributed by atoms with van der Waals surface area (Å²) in [5.74, 6) is 1.19. The first-order valence-corrected chi connectivity index (χ1v) is 8.26. The first-order chi connectivity index (χ1) is 8.99. The first kappa shape index (κ1) is 15.1. The molecular formula is C14H19ClN2S2. The van der Waals surface area contributed by atoms with E-state index in [-0.39, 0.29) is 0 Å². The minimum atomic E-state index is 0.393. The molecule has 2 N–H and O–H groups in total. The molecule has 0 radical (unpaired) electrons. The summed E-state index contributed by atoms with van der Waals surface area (Å²) in [6, 6.07) is 6.43. The molecule has 1 aromatic rings. The standard InChI is InChI=1S/C14H19ClN2S2/c1-9-10(2)19-6-5-17(9)8-12-4-3-11(14(16)18)7-13(12)15/h3-4,7,9-10H,5-6,8H2,1-2H3,(H2,16,18). The summed E-state index contributed by atoms with van der Waals surface area (Å²) < 4.78 is 0. The predicted octanol–water partition coefficient (Wildman–Crippen LogP) is 3.30. The number of rotatable bonds is 3. The lowest BCUT2D eigenvalue weighted by Gasteiger charge is -2.37. The van der Waals surface area contributed by atoms with Gasteiger partial charge in [-0.1, -0.05) is 42.9 Å². The molecule has 0 spiro atoms. The van der Waals surface area contributed by atoms with Crippen LogP contribution in [0.3, 0.4) is 0 Å². The van der Waals surface area contributed by atoms with E-state index >= 15 is 0 Å². The highest BCUT2D eigenvalue weighted by Gasteiger charge is 2.25. The third kappa shape index (κ3) is 3.63. The van der Waals surface area contributed by atoms with E-state index in [4.69, 9.17) is 29.6 Å². The molecule has 1 aliphatic rings. The van der Waals surface area contributed by atoms with Crippen molar-refractivity contribution in [3.05, 3.63) is 34.3 Å². The Morgan fingerprint density at radius 1 is 1.53 bits per heavy atom. The van der Waals surface area contributed by atoms with E-state index in [0.29, 0.717) is 16.3 Å². The van der Waals surface area contributed by atoms with Gasteiger partial charge in [0.25, 0.3) is 0 Å². The molecule has 1 aromatic carbocycles. The van der Waals surface area contributed by atoms with Crippen molar-refractivity contribution in [3.63, 3.8) is 0 Å². The number of benzene rings is 1. The third-order valence-electron chi connectivity index (χ3n) is 3.73. The number of hydrogen-bond acceptors (Lipinski definition) is 3. The molecule has 0 bridgehead atoms. The maximum absolute atomic E-state index is 6.33. The van der Waals surface area contributed by atoms with Crippen molar-refractivity contribution in [3.8, 4) is 0 Å². The molecule has 0 aromatic heterocycles. The van der Waals surface area contributed by atoms with Gasteiger partial charge in [0.2, 0.25) is 0 Å². The minimum Gasteiger partial charge on any atom is -0.389 e. The van der Waals surface area contributed by atoms with E-state index in [1.54, 1.807) is 0 Å². The van der Waals surface area contributed by atoms with Crippen LogP contribution in [0.5, 0.6) is 0 Å². The zero-order valence-electron chi connectivity index (χ0n) is 11.2. The summed E-state index contributed by atoms with van der Waals surface area (Å²) in [5, 5.41) is 1.42. The van der Waals surface area contributed by atoms with Gasteiger partial charge in [-0.15, -0.1) is 0 Å². The molecule has 0 saturated carbocycles. The van der Waals surface area contributed by atoms with E-state index in [9.17, 15) is 0 Å². The summed E-state index contributed by atoms with van der Waals surface area (Å²) in [7, 11) is 0. The van der Waals surface area contributed by atoms with Crippen LogP contribution in [-0.2, 0) is 6.54 Å². The van der Waals surface area contributed by atoms with Crippen molar-refractivity contribution >= 4 is 40.6 Å². The van der Waals surface area contributed by atoms with Gasteiger partial charge in [-0.05, 0) is 18.6 Å². The quantitative estimate of drug-likeness (QED) is 0.867. The Kier molecular flexibility index (Phi) is 5.12. The maximum Gasteiger partial charge on any atom is 0.104 e. The second kappa shape index (κ2) is 6.44. The number of hydrogen-bond donors (Lipinski definition) is 1. The van der Waals surface area contributed by atoms with Crippen LogP contribution >= 0.6 is 35.6 Å². The monoisotopic (exact) mass is 314 g/mol. The molecule has 1 saturated heterocycles. The SMILES string of the molecule is CC1SCCN(Cc2ccc(C(N)=S)cc2Cl)C1C. The van der Waals surface area contributed by atoms with Crippen LogP contribution in [0.2, 0.25) is 5.02 Å². The van der Waals surface area contributed by atoms with Crippen LogP contribution in [0.4, 0.5) is 0 Å². The number of thioether (sulfide) groups is 1. The normalized spacial score (nSPS) is 24.4. The topological polar surface area (TPSA) is 29.3 Å². The summed E-state index contributed by atoms with van der Waals surface area (Å²) in [4.78, 5) is 2.88. The highest BCUT2D eigenvalue weighted by molar-refractivity contribution is 8.00. The van der Waals surface area contributed by atoms with Crippen LogP contribution in [0.15, 0.2) is 18.2 Å². The van der Waals surface area contributed by atoms with E-state index < -0.39 is 0 Å². The zero-order valence-corrected chi connectivity index (χ0v) is 13.6. The lowest BCUT2D eigenvalue weighted by Crippen LogP contribution is -2.44. The van der Waals surface area contributed by atoms with E-state index in [0.717, 1.165) is 29.2 Å². The van der Waals surface area contributed by atoms with Crippen molar-refractivity contribution in [1.29, 1.82) is 0 Å². The molecule has 2 rings (SSSR count). The number of nitrogens with zero attached hydrogens (tertiary/aromatic N) is 1. The Bertz CT molecular complexity index is 479. The molecule has 5 heteroatoms. The molecule has 104 valence electrons. The molecule has 19 heavy (non-hydrogen) atoms. The van der Waals surface area contributed by atoms with Gasteiger partial charge in [0.05, 0.1) is 0 Å². The Morgan fingerprint density at radius 3 is 2.89 bits per heavy atom. The van der Waals surface area contributed by atoms with Gasteiger partial charge < -0.3 is 5.73 Å². The Balaban J connectivity index is 2.12. The van der Waals surface area contributed by atoms with Crippen LogP contribution in [0.1, 0.15) is 25.0 Å². The highest BCUT2D eigenvalue weighted by Crippen LogP contribution is 2.27. The molecule has 0 aliphatic carbocycles. The first-order valence-electron chi connectivity index (χ1n) is 6.43. The Morgan fingerprint density at radius 2 is 2.26 bits per heavy atom. The predicted molar refractivity (Wildman–Crippen MR) is 89.1 cm³/mol. The molecule has 1 heterocycles. The minimum absolute atomic E-state index is 0.393. The summed E-state index contributed by atoms with van der Waals surface area (Å²) in [5.41, 5.74) is 7.60. The van der Waals surface area contributed by atoms with Crippen molar-refractivity contribution in [2.24, 2.45) is 5.73 Å². The molecule has 2 unspecified atom stereocenters. The van der Waals surface area contributed by atoms with Gasteiger partial charge >= 0.3 is 0 Å². The van der Waals surface area contributed by atoms with Gasteiger partial charge in [0.15, 0.2) is 0 Å². The molecular weight excluding hydrogens is 296 g/mol. The van der Waals surface area contributed by atoms with Crippen molar-refractivity contribution < 1.29 is 0 Å². The lowest BCUT2D eigenvalue weighted by molar-refractivity contribution is 0.204. The second-order valence-corrected chi connectivity index (χ2v) is 7.29. The average Bonchev–Trinajstić information content (AvgIpc) is 2.37. The number of halogens is 1. The van der Waals surface area contributed by atoms with Gasteiger partial charge in [0.1, 0.15) is 4.99 Å². The number of nitrogens with two attached hydrogens (primary N) is 1. The van der Waals surface area contributed by atoms with E-state index in [1.807, 2.05) is 30.0 Å². The molecule has 1 aliphatic heterocycles. The van der Waals surface area contributed by atoms with Crippen LogP contribution in [0.25, 0.3) is 0 Å². The van der Waals surface area contributed by atoms with E-state index in [2.05, 4.69) is 18.7 Å². The fraction of sp³-hybridized carbons (Fsp3) is 0.500. The van der Waals surface area contributed by atoms with Crippen LogP contribution in [0, 0.1) is 0 Å². The lowest BCUT2D eigenvalue weighted by atomic mass is 10.1. The Hall–Kier alpha value is -0.290. The van der Waals surface area contributed by atoms with Gasteiger partial charge in [0, 0.05) is 40.7 Å². The van der Waals surface area contributed by atoms with Gasteiger partial charge in [-0.3, -0.25) is 4.90 Å². The summed E-state index contributed by atoms with van der Waals surface area (Å²) >= 11 is 13.3. The van der Waals surface area contributed by atoms with Crippen LogP contribution in [-0.4, -0.2) is 33.5 Å². The molecule has 2 nitrogen and oxygen atoms in total. The number of thiocarbonyl (C=S) groups is 1. The average molecular weight is 315 g/mol. The molecule has 1 fully saturated rings.